The lowest BCUT2D eigenvalue weighted by Crippen LogP contribution is -2.37. The van der Waals surface area contributed by atoms with E-state index in [1.54, 1.807) is 11.0 Å². The fraction of sp³-hybridized carbons (Fsp3) is 0.444. The minimum Gasteiger partial charge on any atom is -0.463 e. The molecule has 0 aliphatic heterocycles. The zero-order valence-electron chi connectivity index (χ0n) is 15.4. The van der Waals surface area contributed by atoms with Crippen molar-refractivity contribution in [1.82, 2.24) is 15.1 Å². The maximum atomic E-state index is 14.5. The van der Waals surface area contributed by atoms with Crippen LogP contribution < -0.4 is 4.74 Å². The summed E-state index contributed by atoms with van der Waals surface area (Å²) in [4.78, 5) is 23.0. The molecule has 1 unspecified atom stereocenters. The van der Waals surface area contributed by atoms with E-state index >= 15 is 0 Å². The third-order valence-corrected chi connectivity index (χ3v) is 5.02. The molecular weight excluding hydrogens is 388 g/mol. The number of nitrogens with one attached hydrogen (secondary N) is 1. The van der Waals surface area contributed by atoms with E-state index in [-0.39, 0.29) is 18.2 Å². The van der Waals surface area contributed by atoms with Gasteiger partial charge in [0.2, 0.25) is 6.79 Å². The van der Waals surface area contributed by atoms with E-state index in [1.807, 2.05) is 6.92 Å². The number of hydrogen-bond donors (Lipinski definition) is 2. The van der Waals surface area contributed by atoms with Crippen molar-refractivity contribution < 1.29 is 27.9 Å². The number of hydrogen-bond acceptors (Lipinski definition) is 5. The first-order valence-electron chi connectivity index (χ1n) is 8.94. The van der Waals surface area contributed by atoms with Crippen molar-refractivity contribution in [3.63, 3.8) is 0 Å². The van der Waals surface area contributed by atoms with Crippen molar-refractivity contribution in [1.29, 1.82) is 0 Å². The van der Waals surface area contributed by atoms with Crippen LogP contribution in [-0.2, 0) is 15.6 Å². The smallest absolute Gasteiger partial charge is 0.463 e. The number of aromatic amines is 1. The maximum Gasteiger partial charge on any atom is 0.698 e. The summed E-state index contributed by atoms with van der Waals surface area (Å²) < 4.78 is 34.4. The molecule has 3 rings (SSSR count). The molecule has 1 aromatic heterocycles. The van der Waals surface area contributed by atoms with Gasteiger partial charge in [-0.1, -0.05) is 17.0 Å². The number of carbonyl (C=O) groups excluding carboxylic acids is 1. The minimum absolute atomic E-state index is 0.117. The van der Waals surface area contributed by atoms with Crippen LogP contribution in [0.3, 0.4) is 0 Å². The van der Waals surface area contributed by atoms with Crippen molar-refractivity contribution in [2.45, 2.75) is 32.7 Å². The Morgan fingerprint density at radius 1 is 1.43 bits per heavy atom. The number of halogens is 1. The Bertz CT molecular complexity index is 855. The van der Waals surface area contributed by atoms with E-state index in [0.717, 1.165) is 31.0 Å². The van der Waals surface area contributed by atoms with Crippen molar-refractivity contribution in [2.75, 3.05) is 13.3 Å². The maximum absolute atomic E-state index is 14.5. The topological polar surface area (TPSA) is 105 Å². The van der Waals surface area contributed by atoms with E-state index in [2.05, 4.69) is 14.7 Å². The van der Waals surface area contributed by atoms with Gasteiger partial charge in [0.15, 0.2) is 0 Å². The van der Waals surface area contributed by atoms with Crippen LogP contribution in [-0.4, -0.2) is 39.2 Å². The molecule has 2 aromatic rings. The lowest BCUT2D eigenvalue weighted by molar-refractivity contribution is 0.0671. The van der Waals surface area contributed by atoms with Crippen LogP contribution in [0.2, 0.25) is 0 Å². The second kappa shape index (κ2) is 9.23. The van der Waals surface area contributed by atoms with E-state index < -0.39 is 20.9 Å². The molecule has 1 atom stereocenters. The monoisotopic (exact) mass is 410 g/mol. The van der Waals surface area contributed by atoms with E-state index in [1.165, 1.54) is 12.1 Å². The number of amides is 1. The third kappa shape index (κ3) is 5.34. The molecule has 1 saturated carbocycles. The molecule has 150 valence electrons. The molecular formula is C18H22FN3O5P+. The number of carbonyl (C=O) groups is 1. The van der Waals surface area contributed by atoms with Crippen molar-refractivity contribution in [3.05, 3.63) is 47.0 Å². The minimum atomic E-state index is -2.78. The Morgan fingerprint density at radius 3 is 2.79 bits per heavy atom. The number of benzene rings is 1. The quantitative estimate of drug-likeness (QED) is 0.486. The highest BCUT2D eigenvalue weighted by atomic mass is 31.1. The fourth-order valence-corrected chi connectivity index (χ4v) is 3.13. The van der Waals surface area contributed by atoms with Crippen LogP contribution in [0.15, 0.2) is 24.3 Å². The first kappa shape index (κ1) is 20.4. The standard InChI is InChI=1S/C18H21FN3O5P/c1-12-7-17(21-20-12)18(23)22(9-13-3-2-4-13)10-14-5-6-15(8-16(14)19)26-11-27-28(24)25/h5-8,13H,2-4,9-11H2,1H3,(H-,20,21,23,24,25)/p+1. The molecule has 1 heterocycles. The van der Waals surface area contributed by atoms with Crippen LogP contribution in [0.25, 0.3) is 0 Å². The van der Waals surface area contributed by atoms with Crippen LogP contribution in [0.5, 0.6) is 5.75 Å². The predicted octanol–water partition coefficient (Wildman–Crippen LogP) is 3.30. The zero-order chi connectivity index (χ0) is 20.1. The molecule has 8 nitrogen and oxygen atoms in total. The van der Waals surface area contributed by atoms with Gasteiger partial charge >= 0.3 is 8.25 Å². The highest BCUT2D eigenvalue weighted by Crippen LogP contribution is 2.29. The Hall–Kier alpha value is -2.35. The van der Waals surface area contributed by atoms with E-state index in [4.69, 9.17) is 9.63 Å². The zero-order valence-corrected chi connectivity index (χ0v) is 16.3. The summed E-state index contributed by atoms with van der Waals surface area (Å²) in [6.07, 6.45) is 3.27. The molecule has 0 saturated heterocycles. The van der Waals surface area contributed by atoms with Crippen LogP contribution in [0.4, 0.5) is 4.39 Å². The van der Waals surface area contributed by atoms with E-state index in [0.29, 0.717) is 23.7 Å². The van der Waals surface area contributed by atoms with Gasteiger partial charge in [0.05, 0.1) is 0 Å². The third-order valence-electron chi connectivity index (χ3n) is 4.69. The van der Waals surface area contributed by atoms with E-state index in [9.17, 15) is 13.8 Å². The molecule has 1 fully saturated rings. The summed E-state index contributed by atoms with van der Waals surface area (Å²) >= 11 is 0. The Balaban J connectivity index is 1.70. The predicted molar refractivity (Wildman–Crippen MR) is 98.2 cm³/mol. The molecule has 2 N–H and O–H groups in total. The number of nitrogens with zero attached hydrogens (tertiary/aromatic N) is 2. The second-order valence-electron chi connectivity index (χ2n) is 6.80. The van der Waals surface area contributed by atoms with Gasteiger partial charge in [0.1, 0.15) is 17.3 Å². The molecule has 0 radical (unpaired) electrons. The number of aromatic nitrogens is 2. The number of ether oxygens (including phenoxy) is 1. The highest BCUT2D eigenvalue weighted by molar-refractivity contribution is 7.32. The fourth-order valence-electron chi connectivity index (χ4n) is 2.99. The lowest BCUT2D eigenvalue weighted by atomic mass is 9.85. The SMILES string of the molecule is Cc1cc(C(=O)N(Cc2ccc(OCO[P+](=O)O)cc2F)CC2CCC2)n[nH]1. The van der Waals surface area contributed by atoms with Gasteiger partial charge in [-0.15, -0.1) is 4.89 Å². The molecule has 1 aliphatic rings. The van der Waals surface area contributed by atoms with Crippen molar-refractivity contribution in [3.8, 4) is 5.75 Å². The van der Waals surface area contributed by atoms with Gasteiger partial charge in [0, 0.05) is 35.0 Å². The molecule has 1 amide bonds. The average molecular weight is 410 g/mol. The van der Waals surface area contributed by atoms with Gasteiger partial charge in [-0.05, 0) is 37.8 Å². The number of rotatable bonds is 9. The van der Waals surface area contributed by atoms with Crippen molar-refractivity contribution >= 4 is 14.2 Å². The van der Waals surface area contributed by atoms with Gasteiger partial charge in [-0.3, -0.25) is 9.89 Å². The highest BCUT2D eigenvalue weighted by Gasteiger charge is 2.26. The van der Waals surface area contributed by atoms with Gasteiger partial charge in [-0.2, -0.15) is 5.10 Å². The van der Waals surface area contributed by atoms with Gasteiger partial charge in [0.25, 0.3) is 5.91 Å². The molecule has 1 aliphatic carbocycles. The summed E-state index contributed by atoms with van der Waals surface area (Å²) in [5.74, 6) is -0.184. The Labute approximate surface area is 162 Å². The second-order valence-corrected chi connectivity index (χ2v) is 7.54. The Kier molecular flexibility index (Phi) is 6.72. The van der Waals surface area contributed by atoms with Gasteiger partial charge < -0.3 is 9.64 Å². The largest absolute Gasteiger partial charge is 0.698 e. The van der Waals surface area contributed by atoms with Crippen LogP contribution in [0.1, 0.15) is 41.0 Å². The number of aryl methyl sites for hydroxylation is 1. The normalized spacial score (nSPS) is 14.5. The summed E-state index contributed by atoms with van der Waals surface area (Å²) in [6.45, 7) is 2.02. The molecule has 0 bridgehead atoms. The molecule has 10 heteroatoms. The van der Waals surface area contributed by atoms with Gasteiger partial charge in [-0.25, -0.2) is 4.39 Å². The summed E-state index contributed by atoms with van der Waals surface area (Å²) in [6, 6.07) is 5.89. The molecule has 28 heavy (non-hydrogen) atoms. The lowest BCUT2D eigenvalue weighted by Gasteiger charge is -2.32. The Morgan fingerprint density at radius 2 is 2.21 bits per heavy atom. The number of H-pyrrole nitrogens is 1. The summed E-state index contributed by atoms with van der Waals surface area (Å²) in [5, 5.41) is 6.78. The van der Waals surface area contributed by atoms with Crippen molar-refractivity contribution in [2.24, 2.45) is 5.92 Å². The summed E-state index contributed by atoms with van der Waals surface area (Å²) in [5.41, 5.74) is 1.44. The van der Waals surface area contributed by atoms with Crippen LogP contribution in [0, 0.1) is 18.7 Å². The molecule has 1 aromatic carbocycles. The first-order valence-corrected chi connectivity index (χ1v) is 10.1. The average Bonchev–Trinajstić information content (AvgIpc) is 3.04. The first-order chi connectivity index (χ1) is 13.4. The van der Waals surface area contributed by atoms with Crippen LogP contribution >= 0.6 is 8.25 Å². The summed E-state index contributed by atoms with van der Waals surface area (Å²) in [7, 11) is -2.78. The molecule has 0 spiro atoms.